The van der Waals surface area contributed by atoms with Crippen molar-refractivity contribution in [3.8, 4) is 0 Å². The minimum Gasteiger partial charge on any atom is -0.354 e. The Morgan fingerprint density at radius 3 is 2.65 bits per heavy atom. The first kappa shape index (κ1) is 16.9. The van der Waals surface area contributed by atoms with Crippen molar-refractivity contribution in [1.82, 2.24) is 10.3 Å². The molecule has 0 fully saturated rings. The van der Waals surface area contributed by atoms with Gasteiger partial charge in [-0.3, -0.25) is 0 Å². The topological polar surface area (TPSA) is 28.2 Å². The Morgan fingerprint density at radius 2 is 2.05 bits per heavy atom. The highest BCUT2D eigenvalue weighted by molar-refractivity contribution is 5.47. The van der Waals surface area contributed by atoms with Crippen LogP contribution in [-0.4, -0.2) is 24.1 Å². The third-order valence-electron chi connectivity index (χ3n) is 3.37. The predicted molar refractivity (Wildman–Crippen MR) is 83.6 cm³/mol. The van der Waals surface area contributed by atoms with Crippen LogP contribution in [-0.2, 0) is 6.54 Å². The van der Waals surface area contributed by atoms with E-state index in [0.29, 0.717) is 12.6 Å². The van der Waals surface area contributed by atoms with Gasteiger partial charge in [-0.25, -0.2) is 9.37 Å². The van der Waals surface area contributed by atoms with Crippen molar-refractivity contribution in [2.45, 2.75) is 59.5 Å². The lowest BCUT2D eigenvalue weighted by Crippen LogP contribution is -2.34. The van der Waals surface area contributed by atoms with Gasteiger partial charge in [0.2, 0.25) is 0 Å². The number of unbranched alkanes of at least 4 members (excludes halogenated alkanes) is 2. The fraction of sp³-hybridized carbons (Fsp3) is 0.688. The molecule has 0 unspecified atom stereocenters. The van der Waals surface area contributed by atoms with Gasteiger partial charge < -0.3 is 10.2 Å². The molecular formula is C16H28FN3. The number of pyridine rings is 1. The van der Waals surface area contributed by atoms with E-state index in [2.05, 4.69) is 36.0 Å². The standard InChI is InChI=1S/C16H28FN3/c1-5-7-8-9-20(13(3)4)16-14(11-18-6-2)10-15(17)12-19-16/h10,12-13,18H,5-9,11H2,1-4H3. The number of nitrogens with one attached hydrogen (secondary N) is 1. The molecule has 20 heavy (non-hydrogen) atoms. The van der Waals surface area contributed by atoms with E-state index in [4.69, 9.17) is 0 Å². The summed E-state index contributed by atoms with van der Waals surface area (Å²) in [5, 5.41) is 3.26. The van der Waals surface area contributed by atoms with E-state index in [1.807, 2.05) is 6.92 Å². The summed E-state index contributed by atoms with van der Waals surface area (Å²) >= 11 is 0. The highest BCUT2D eigenvalue weighted by Crippen LogP contribution is 2.21. The van der Waals surface area contributed by atoms with E-state index in [1.165, 1.54) is 19.0 Å². The van der Waals surface area contributed by atoms with E-state index in [-0.39, 0.29) is 5.82 Å². The average molecular weight is 281 g/mol. The fourth-order valence-electron chi connectivity index (χ4n) is 2.26. The van der Waals surface area contributed by atoms with Crippen LogP contribution in [0.15, 0.2) is 12.3 Å². The molecule has 0 bridgehead atoms. The van der Waals surface area contributed by atoms with Crippen molar-refractivity contribution in [2.24, 2.45) is 0 Å². The molecule has 1 rings (SSSR count). The molecule has 1 heterocycles. The lowest BCUT2D eigenvalue weighted by atomic mass is 10.1. The van der Waals surface area contributed by atoms with Gasteiger partial charge in [0.05, 0.1) is 6.20 Å². The zero-order valence-corrected chi connectivity index (χ0v) is 13.2. The maximum absolute atomic E-state index is 13.4. The minimum atomic E-state index is -0.265. The molecule has 0 aromatic carbocycles. The molecule has 0 atom stereocenters. The van der Waals surface area contributed by atoms with Crippen LogP contribution in [0, 0.1) is 5.82 Å². The summed E-state index contributed by atoms with van der Waals surface area (Å²) < 4.78 is 13.4. The zero-order chi connectivity index (χ0) is 15.0. The second-order valence-corrected chi connectivity index (χ2v) is 5.41. The maximum Gasteiger partial charge on any atom is 0.141 e. The Labute approximate surface area is 122 Å². The molecule has 1 aromatic heterocycles. The van der Waals surface area contributed by atoms with Crippen LogP contribution in [0.4, 0.5) is 10.2 Å². The van der Waals surface area contributed by atoms with Crippen molar-refractivity contribution in [3.63, 3.8) is 0 Å². The molecule has 0 radical (unpaired) electrons. The summed E-state index contributed by atoms with van der Waals surface area (Å²) in [6.45, 7) is 11.1. The van der Waals surface area contributed by atoms with Crippen molar-refractivity contribution >= 4 is 5.82 Å². The Morgan fingerprint density at radius 1 is 1.30 bits per heavy atom. The quantitative estimate of drug-likeness (QED) is 0.699. The van der Waals surface area contributed by atoms with E-state index < -0.39 is 0 Å². The van der Waals surface area contributed by atoms with E-state index in [9.17, 15) is 4.39 Å². The first-order valence-corrected chi connectivity index (χ1v) is 7.71. The van der Waals surface area contributed by atoms with Gasteiger partial charge in [-0.15, -0.1) is 0 Å². The molecule has 0 amide bonds. The summed E-state index contributed by atoms with van der Waals surface area (Å²) in [5.74, 6) is 0.650. The first-order valence-electron chi connectivity index (χ1n) is 7.71. The lowest BCUT2D eigenvalue weighted by Gasteiger charge is -2.30. The van der Waals surface area contributed by atoms with Crippen LogP contribution in [0.25, 0.3) is 0 Å². The number of aromatic nitrogens is 1. The summed E-state index contributed by atoms with van der Waals surface area (Å²) in [7, 11) is 0. The molecule has 0 saturated carbocycles. The highest BCUT2D eigenvalue weighted by atomic mass is 19.1. The molecule has 1 N–H and O–H groups in total. The SMILES string of the molecule is CCCCCN(c1ncc(F)cc1CNCC)C(C)C. The summed E-state index contributed by atoms with van der Waals surface area (Å²) in [5.41, 5.74) is 0.942. The largest absolute Gasteiger partial charge is 0.354 e. The van der Waals surface area contributed by atoms with Gasteiger partial charge in [-0.1, -0.05) is 26.7 Å². The average Bonchev–Trinajstić information content (AvgIpc) is 2.42. The van der Waals surface area contributed by atoms with Gasteiger partial charge in [0.1, 0.15) is 11.6 Å². The molecule has 114 valence electrons. The normalized spacial score (nSPS) is 11.1. The minimum absolute atomic E-state index is 0.265. The zero-order valence-electron chi connectivity index (χ0n) is 13.2. The number of anilines is 1. The smallest absolute Gasteiger partial charge is 0.141 e. The van der Waals surface area contributed by atoms with Crippen LogP contribution >= 0.6 is 0 Å². The van der Waals surface area contributed by atoms with Crippen molar-refractivity contribution in [3.05, 3.63) is 23.6 Å². The summed E-state index contributed by atoms with van der Waals surface area (Å²) in [4.78, 5) is 6.62. The number of rotatable bonds is 9. The third kappa shape index (κ3) is 5.08. The summed E-state index contributed by atoms with van der Waals surface area (Å²) in [6, 6.07) is 1.96. The fourth-order valence-corrected chi connectivity index (χ4v) is 2.26. The van der Waals surface area contributed by atoms with Crippen molar-refractivity contribution in [2.75, 3.05) is 18.0 Å². The molecular weight excluding hydrogens is 253 g/mol. The molecule has 0 aliphatic heterocycles. The van der Waals surface area contributed by atoms with Crippen LogP contribution in [0.5, 0.6) is 0 Å². The Bertz CT molecular complexity index is 393. The maximum atomic E-state index is 13.4. The van der Waals surface area contributed by atoms with Crippen molar-refractivity contribution in [1.29, 1.82) is 0 Å². The number of hydrogen-bond acceptors (Lipinski definition) is 3. The van der Waals surface area contributed by atoms with Gasteiger partial charge in [-0.05, 0) is 32.9 Å². The lowest BCUT2D eigenvalue weighted by molar-refractivity contribution is 0.595. The number of nitrogens with zero attached hydrogens (tertiary/aromatic N) is 2. The molecule has 3 nitrogen and oxygen atoms in total. The van der Waals surface area contributed by atoms with E-state index in [0.717, 1.165) is 30.9 Å². The summed E-state index contributed by atoms with van der Waals surface area (Å²) in [6.07, 6.45) is 4.88. The Balaban J connectivity index is 2.92. The van der Waals surface area contributed by atoms with Crippen LogP contribution < -0.4 is 10.2 Å². The Hall–Kier alpha value is -1.16. The number of halogens is 1. The van der Waals surface area contributed by atoms with Crippen LogP contribution in [0.3, 0.4) is 0 Å². The van der Waals surface area contributed by atoms with E-state index >= 15 is 0 Å². The van der Waals surface area contributed by atoms with E-state index in [1.54, 1.807) is 6.07 Å². The second kappa shape index (κ2) is 8.90. The predicted octanol–water partition coefficient (Wildman–Crippen LogP) is 3.74. The molecule has 0 aliphatic carbocycles. The second-order valence-electron chi connectivity index (χ2n) is 5.41. The first-order chi connectivity index (χ1) is 9.60. The van der Waals surface area contributed by atoms with Crippen LogP contribution in [0.2, 0.25) is 0 Å². The Kier molecular flexibility index (Phi) is 7.52. The van der Waals surface area contributed by atoms with Gasteiger partial charge in [0.15, 0.2) is 0 Å². The molecule has 1 aromatic rings. The third-order valence-corrected chi connectivity index (χ3v) is 3.37. The van der Waals surface area contributed by atoms with Gasteiger partial charge in [-0.2, -0.15) is 0 Å². The highest BCUT2D eigenvalue weighted by Gasteiger charge is 2.16. The molecule has 4 heteroatoms. The van der Waals surface area contributed by atoms with Gasteiger partial charge in [0, 0.05) is 24.7 Å². The van der Waals surface area contributed by atoms with Crippen LogP contribution in [0.1, 0.15) is 52.5 Å². The monoisotopic (exact) mass is 281 g/mol. The number of hydrogen-bond donors (Lipinski definition) is 1. The van der Waals surface area contributed by atoms with Gasteiger partial charge in [0.25, 0.3) is 0 Å². The molecule has 0 saturated heterocycles. The molecule has 0 spiro atoms. The molecule has 0 aliphatic rings. The van der Waals surface area contributed by atoms with Crippen molar-refractivity contribution < 1.29 is 4.39 Å². The van der Waals surface area contributed by atoms with Gasteiger partial charge >= 0.3 is 0 Å².